The summed E-state index contributed by atoms with van der Waals surface area (Å²) in [7, 11) is 4.47. The SMILES string of the molecule is CN(C)C(=NCCCS(=O)(=O)c1ccccc1)N(C)C. The van der Waals surface area contributed by atoms with E-state index in [1.807, 2.05) is 44.1 Å². The van der Waals surface area contributed by atoms with Gasteiger partial charge in [0.15, 0.2) is 15.8 Å². The fraction of sp³-hybridized carbons (Fsp3) is 0.500. The van der Waals surface area contributed by atoms with Crippen molar-refractivity contribution in [3.8, 4) is 0 Å². The zero-order valence-electron chi connectivity index (χ0n) is 12.6. The van der Waals surface area contributed by atoms with Crippen LogP contribution in [0.4, 0.5) is 0 Å². The lowest BCUT2D eigenvalue weighted by atomic mass is 10.4. The summed E-state index contributed by atoms with van der Waals surface area (Å²) in [5, 5.41) is 0. The number of guanidine groups is 1. The molecule has 0 atom stereocenters. The van der Waals surface area contributed by atoms with Crippen LogP contribution in [-0.4, -0.2) is 64.7 Å². The molecule has 1 aromatic carbocycles. The summed E-state index contributed by atoms with van der Waals surface area (Å²) in [5.74, 6) is 0.955. The lowest BCUT2D eigenvalue weighted by Gasteiger charge is -2.22. The molecule has 0 spiro atoms. The van der Waals surface area contributed by atoms with E-state index >= 15 is 0 Å². The van der Waals surface area contributed by atoms with Crippen molar-refractivity contribution in [2.45, 2.75) is 11.3 Å². The molecule has 0 aliphatic rings. The van der Waals surface area contributed by atoms with Crippen LogP contribution in [0.5, 0.6) is 0 Å². The standard InChI is InChI=1S/C14H23N3O2S/c1-16(2)14(17(3)4)15-11-8-12-20(18,19)13-9-6-5-7-10-13/h5-7,9-10H,8,11-12H2,1-4H3. The first-order chi connectivity index (χ1) is 9.34. The number of aliphatic imine (C=N–C) groups is 1. The molecule has 0 saturated heterocycles. The molecule has 0 aliphatic heterocycles. The second-order valence-corrected chi connectivity index (χ2v) is 7.07. The summed E-state index contributed by atoms with van der Waals surface area (Å²) >= 11 is 0. The molecule has 0 aliphatic carbocycles. The molecule has 0 radical (unpaired) electrons. The summed E-state index contributed by atoms with van der Waals surface area (Å²) in [5.41, 5.74) is 0. The average Bonchev–Trinajstić information content (AvgIpc) is 2.38. The lowest BCUT2D eigenvalue weighted by Crippen LogP contribution is -2.35. The topological polar surface area (TPSA) is 53.0 Å². The third-order valence-electron chi connectivity index (χ3n) is 2.73. The van der Waals surface area contributed by atoms with Gasteiger partial charge in [-0.05, 0) is 18.6 Å². The number of hydrogen-bond acceptors (Lipinski definition) is 3. The molecule has 0 unspecified atom stereocenters. The minimum absolute atomic E-state index is 0.120. The Labute approximate surface area is 121 Å². The van der Waals surface area contributed by atoms with Crippen molar-refractivity contribution in [1.82, 2.24) is 9.80 Å². The summed E-state index contributed by atoms with van der Waals surface area (Å²) in [4.78, 5) is 8.62. The predicted molar refractivity (Wildman–Crippen MR) is 82.8 cm³/mol. The van der Waals surface area contributed by atoms with Gasteiger partial charge in [0.2, 0.25) is 0 Å². The van der Waals surface area contributed by atoms with Gasteiger partial charge in [-0.15, -0.1) is 0 Å². The normalized spacial score (nSPS) is 11.0. The first-order valence-electron chi connectivity index (χ1n) is 6.51. The zero-order valence-corrected chi connectivity index (χ0v) is 13.4. The van der Waals surface area contributed by atoms with Crippen LogP contribution >= 0.6 is 0 Å². The number of nitrogens with zero attached hydrogens (tertiary/aromatic N) is 3. The summed E-state index contributed by atoms with van der Waals surface area (Å²) < 4.78 is 24.2. The Bertz CT molecular complexity index is 527. The van der Waals surface area contributed by atoms with E-state index in [0.717, 1.165) is 5.96 Å². The first kappa shape index (κ1) is 16.5. The van der Waals surface area contributed by atoms with Crippen LogP contribution in [-0.2, 0) is 9.84 Å². The highest BCUT2D eigenvalue weighted by Crippen LogP contribution is 2.11. The maximum absolute atomic E-state index is 12.1. The third-order valence-corrected chi connectivity index (χ3v) is 4.54. The molecule has 0 heterocycles. The van der Waals surface area contributed by atoms with Crippen LogP contribution in [0.15, 0.2) is 40.2 Å². The Morgan fingerprint density at radius 1 is 1.05 bits per heavy atom. The minimum Gasteiger partial charge on any atom is -0.349 e. The quantitative estimate of drug-likeness (QED) is 0.467. The highest BCUT2D eigenvalue weighted by molar-refractivity contribution is 7.91. The van der Waals surface area contributed by atoms with E-state index in [4.69, 9.17) is 0 Å². The molecule has 1 rings (SSSR count). The Morgan fingerprint density at radius 2 is 1.60 bits per heavy atom. The predicted octanol–water partition coefficient (Wildman–Crippen LogP) is 1.33. The Kier molecular flexibility index (Phi) is 6.01. The van der Waals surface area contributed by atoms with Crippen LogP contribution in [0.3, 0.4) is 0 Å². The Hall–Kier alpha value is -1.56. The molecule has 1 aromatic rings. The molecule has 0 fully saturated rings. The number of benzene rings is 1. The minimum atomic E-state index is -3.20. The molecule has 0 N–H and O–H groups in total. The molecule has 0 saturated carbocycles. The van der Waals surface area contributed by atoms with Gasteiger partial charge in [0.25, 0.3) is 0 Å². The summed E-state index contributed by atoms with van der Waals surface area (Å²) in [6.07, 6.45) is 0.516. The zero-order chi connectivity index (χ0) is 15.2. The molecule has 0 aromatic heterocycles. The van der Waals surface area contributed by atoms with Crippen LogP contribution in [0.25, 0.3) is 0 Å². The van der Waals surface area contributed by atoms with Gasteiger partial charge < -0.3 is 9.80 Å². The molecule has 112 valence electrons. The van der Waals surface area contributed by atoms with Crippen LogP contribution in [0, 0.1) is 0 Å². The largest absolute Gasteiger partial charge is 0.349 e. The van der Waals surface area contributed by atoms with Crippen LogP contribution < -0.4 is 0 Å². The molecule has 6 heteroatoms. The van der Waals surface area contributed by atoms with Crippen molar-refractivity contribution in [2.24, 2.45) is 4.99 Å². The lowest BCUT2D eigenvalue weighted by molar-refractivity contribution is 0.479. The number of hydrogen-bond donors (Lipinski definition) is 0. The van der Waals surface area contributed by atoms with Crippen molar-refractivity contribution >= 4 is 15.8 Å². The van der Waals surface area contributed by atoms with E-state index in [1.54, 1.807) is 24.3 Å². The van der Waals surface area contributed by atoms with Gasteiger partial charge >= 0.3 is 0 Å². The van der Waals surface area contributed by atoms with E-state index in [-0.39, 0.29) is 5.75 Å². The van der Waals surface area contributed by atoms with Crippen molar-refractivity contribution in [3.63, 3.8) is 0 Å². The highest BCUT2D eigenvalue weighted by Gasteiger charge is 2.13. The van der Waals surface area contributed by atoms with Crippen molar-refractivity contribution in [1.29, 1.82) is 0 Å². The van der Waals surface area contributed by atoms with Crippen molar-refractivity contribution in [3.05, 3.63) is 30.3 Å². The van der Waals surface area contributed by atoms with E-state index in [9.17, 15) is 8.42 Å². The second kappa shape index (κ2) is 7.28. The van der Waals surface area contributed by atoms with E-state index < -0.39 is 9.84 Å². The molecular formula is C14H23N3O2S. The van der Waals surface area contributed by atoms with E-state index in [1.165, 1.54) is 0 Å². The number of rotatable bonds is 5. The van der Waals surface area contributed by atoms with Crippen molar-refractivity contribution < 1.29 is 8.42 Å². The first-order valence-corrected chi connectivity index (χ1v) is 8.16. The smallest absolute Gasteiger partial charge is 0.195 e. The van der Waals surface area contributed by atoms with Gasteiger partial charge in [-0.3, -0.25) is 4.99 Å². The molecule has 0 amide bonds. The maximum atomic E-state index is 12.1. The second-order valence-electron chi connectivity index (χ2n) is 4.96. The average molecular weight is 297 g/mol. The summed E-state index contributed by atoms with van der Waals surface area (Å²) in [6, 6.07) is 8.54. The van der Waals surface area contributed by atoms with Gasteiger partial charge in [-0.2, -0.15) is 0 Å². The van der Waals surface area contributed by atoms with Gasteiger partial charge in [0, 0.05) is 34.7 Å². The molecule has 0 bridgehead atoms. The summed E-state index contributed by atoms with van der Waals surface area (Å²) in [6.45, 7) is 0.498. The molecular weight excluding hydrogens is 274 g/mol. The maximum Gasteiger partial charge on any atom is 0.195 e. The van der Waals surface area contributed by atoms with Gasteiger partial charge in [0.1, 0.15) is 0 Å². The fourth-order valence-electron chi connectivity index (χ4n) is 1.86. The van der Waals surface area contributed by atoms with Gasteiger partial charge in [-0.1, -0.05) is 18.2 Å². The van der Waals surface area contributed by atoms with Gasteiger partial charge in [0.05, 0.1) is 10.6 Å². The Morgan fingerprint density at radius 3 is 2.10 bits per heavy atom. The van der Waals surface area contributed by atoms with Gasteiger partial charge in [-0.25, -0.2) is 8.42 Å². The fourth-order valence-corrected chi connectivity index (χ4v) is 3.18. The monoisotopic (exact) mass is 297 g/mol. The van der Waals surface area contributed by atoms with E-state index in [2.05, 4.69) is 4.99 Å². The van der Waals surface area contributed by atoms with Crippen LogP contribution in [0.1, 0.15) is 6.42 Å². The van der Waals surface area contributed by atoms with Crippen LogP contribution in [0.2, 0.25) is 0 Å². The van der Waals surface area contributed by atoms with E-state index in [0.29, 0.717) is 17.9 Å². The number of sulfone groups is 1. The molecule has 20 heavy (non-hydrogen) atoms. The third kappa shape index (κ3) is 4.85. The highest BCUT2D eigenvalue weighted by atomic mass is 32.2. The molecule has 5 nitrogen and oxygen atoms in total. The Balaban J connectivity index is 2.59. The van der Waals surface area contributed by atoms with Crippen molar-refractivity contribution in [2.75, 3.05) is 40.5 Å².